The molecule has 3 heterocycles. The number of hydrogen-bond acceptors (Lipinski definition) is 8. The molecule has 0 aliphatic heterocycles. The Kier molecular flexibility index (Phi) is 4.74. The van der Waals surface area contributed by atoms with E-state index in [0.717, 1.165) is 0 Å². The van der Waals surface area contributed by atoms with Crippen molar-refractivity contribution in [3.05, 3.63) is 60.8 Å². The van der Waals surface area contributed by atoms with Gasteiger partial charge in [-0.1, -0.05) is 0 Å². The Balaban J connectivity index is 1.53. The van der Waals surface area contributed by atoms with Crippen LogP contribution in [0.1, 0.15) is 17.4 Å². The fourth-order valence-electron chi connectivity index (χ4n) is 2.49. The predicted molar refractivity (Wildman–Crippen MR) is 97.0 cm³/mol. The number of esters is 1. The van der Waals surface area contributed by atoms with Crippen molar-refractivity contribution in [2.45, 2.75) is 6.92 Å². The normalized spacial score (nSPS) is 10.6. The molecule has 0 saturated carbocycles. The lowest BCUT2D eigenvalue weighted by Crippen LogP contribution is -2.06. The maximum absolute atomic E-state index is 11.9. The average Bonchev–Trinajstić information content (AvgIpc) is 3.41. The van der Waals surface area contributed by atoms with Gasteiger partial charge in [-0.3, -0.25) is 0 Å². The van der Waals surface area contributed by atoms with Gasteiger partial charge in [0, 0.05) is 24.0 Å². The summed E-state index contributed by atoms with van der Waals surface area (Å²) in [5, 5.41) is 14.5. The van der Waals surface area contributed by atoms with E-state index in [0.29, 0.717) is 28.7 Å². The van der Waals surface area contributed by atoms with E-state index in [1.807, 2.05) is 0 Å². The summed E-state index contributed by atoms with van der Waals surface area (Å²) in [4.78, 5) is 20.2. The number of nitrogens with zero attached hydrogens (tertiary/aromatic N) is 6. The lowest BCUT2D eigenvalue weighted by molar-refractivity contribution is 0.0520. The molecular formula is C18H15N7O3. The number of aromatic amines is 1. The SMILES string of the molecule is CCOC(=O)c1n[nH]nc1-c1ccc(Oc2cc(-n3cccn3)ncn2)cc1. The lowest BCUT2D eigenvalue weighted by atomic mass is 10.1. The zero-order valence-electron chi connectivity index (χ0n) is 14.8. The van der Waals surface area contributed by atoms with Crippen LogP contribution in [-0.2, 0) is 4.74 Å². The fourth-order valence-corrected chi connectivity index (χ4v) is 2.49. The van der Waals surface area contributed by atoms with Crippen molar-refractivity contribution in [2.75, 3.05) is 6.61 Å². The van der Waals surface area contributed by atoms with Crippen molar-refractivity contribution in [3.8, 4) is 28.7 Å². The Morgan fingerprint density at radius 2 is 2.04 bits per heavy atom. The Hall–Kier alpha value is -4.08. The van der Waals surface area contributed by atoms with Crippen molar-refractivity contribution in [3.63, 3.8) is 0 Å². The molecule has 140 valence electrons. The van der Waals surface area contributed by atoms with E-state index in [4.69, 9.17) is 9.47 Å². The quantitative estimate of drug-likeness (QED) is 0.509. The molecule has 1 aromatic carbocycles. The Labute approximate surface area is 159 Å². The smallest absolute Gasteiger partial charge is 0.361 e. The molecule has 3 aromatic heterocycles. The molecular weight excluding hydrogens is 362 g/mol. The summed E-state index contributed by atoms with van der Waals surface area (Å²) in [5.41, 5.74) is 1.24. The van der Waals surface area contributed by atoms with E-state index in [2.05, 4.69) is 30.5 Å². The second kappa shape index (κ2) is 7.66. The molecule has 0 bridgehead atoms. The van der Waals surface area contributed by atoms with Gasteiger partial charge in [-0.15, -0.1) is 5.10 Å². The van der Waals surface area contributed by atoms with E-state index in [9.17, 15) is 4.79 Å². The van der Waals surface area contributed by atoms with Gasteiger partial charge in [0.25, 0.3) is 0 Å². The van der Waals surface area contributed by atoms with Gasteiger partial charge in [0.15, 0.2) is 11.5 Å². The van der Waals surface area contributed by atoms with Crippen LogP contribution in [0, 0.1) is 0 Å². The Bertz CT molecular complexity index is 1070. The van der Waals surface area contributed by atoms with Crippen LogP contribution in [0.3, 0.4) is 0 Å². The van der Waals surface area contributed by atoms with Crippen LogP contribution in [0.2, 0.25) is 0 Å². The van der Waals surface area contributed by atoms with Gasteiger partial charge in [-0.2, -0.15) is 15.4 Å². The number of carbonyl (C=O) groups excluding carboxylic acids is 1. The van der Waals surface area contributed by atoms with Crippen LogP contribution in [-0.4, -0.2) is 47.7 Å². The summed E-state index contributed by atoms with van der Waals surface area (Å²) in [6.07, 6.45) is 4.84. The molecule has 4 aromatic rings. The summed E-state index contributed by atoms with van der Waals surface area (Å²) in [5.74, 6) is 1.00. The average molecular weight is 377 g/mol. The van der Waals surface area contributed by atoms with Gasteiger partial charge in [0.1, 0.15) is 17.8 Å². The van der Waals surface area contributed by atoms with E-state index < -0.39 is 5.97 Å². The first-order valence-corrected chi connectivity index (χ1v) is 8.43. The molecule has 10 heteroatoms. The third-order valence-electron chi connectivity index (χ3n) is 3.73. The lowest BCUT2D eigenvalue weighted by Gasteiger charge is -2.07. The summed E-state index contributed by atoms with van der Waals surface area (Å²) >= 11 is 0. The second-order valence-corrected chi connectivity index (χ2v) is 5.53. The molecule has 0 unspecified atom stereocenters. The number of aromatic nitrogens is 7. The van der Waals surface area contributed by atoms with Gasteiger partial charge < -0.3 is 9.47 Å². The van der Waals surface area contributed by atoms with Crippen LogP contribution in [0.5, 0.6) is 11.6 Å². The van der Waals surface area contributed by atoms with Gasteiger partial charge in [-0.25, -0.2) is 19.4 Å². The second-order valence-electron chi connectivity index (χ2n) is 5.53. The molecule has 28 heavy (non-hydrogen) atoms. The highest BCUT2D eigenvalue weighted by atomic mass is 16.5. The van der Waals surface area contributed by atoms with Gasteiger partial charge in [-0.05, 0) is 37.3 Å². The van der Waals surface area contributed by atoms with Gasteiger partial charge in [0.05, 0.1) is 6.61 Å². The number of ether oxygens (including phenoxy) is 2. The molecule has 0 spiro atoms. The molecule has 0 radical (unpaired) electrons. The molecule has 4 rings (SSSR count). The van der Waals surface area contributed by atoms with Crippen molar-refractivity contribution in [1.29, 1.82) is 0 Å². The van der Waals surface area contributed by atoms with Gasteiger partial charge in [0.2, 0.25) is 5.88 Å². The molecule has 0 saturated heterocycles. The first-order valence-electron chi connectivity index (χ1n) is 8.43. The number of H-pyrrole nitrogens is 1. The topological polar surface area (TPSA) is 121 Å². The van der Waals surface area contributed by atoms with E-state index in [1.165, 1.54) is 6.33 Å². The van der Waals surface area contributed by atoms with Crippen LogP contribution < -0.4 is 4.74 Å². The number of rotatable bonds is 6. The minimum atomic E-state index is -0.529. The Morgan fingerprint density at radius 1 is 1.18 bits per heavy atom. The van der Waals surface area contributed by atoms with Crippen LogP contribution in [0.25, 0.3) is 17.1 Å². The monoisotopic (exact) mass is 377 g/mol. The zero-order valence-corrected chi connectivity index (χ0v) is 14.8. The maximum atomic E-state index is 11.9. The van der Waals surface area contributed by atoms with Gasteiger partial charge >= 0.3 is 5.97 Å². The predicted octanol–water partition coefficient (Wildman–Crippen LogP) is 2.42. The summed E-state index contributed by atoms with van der Waals surface area (Å²) < 4.78 is 12.4. The number of nitrogens with one attached hydrogen (secondary N) is 1. The molecule has 0 aliphatic carbocycles. The summed E-state index contributed by atoms with van der Waals surface area (Å²) in [6, 6.07) is 10.5. The molecule has 1 N–H and O–H groups in total. The zero-order chi connectivity index (χ0) is 19.3. The summed E-state index contributed by atoms with van der Waals surface area (Å²) in [6.45, 7) is 1.99. The van der Waals surface area contributed by atoms with Crippen LogP contribution in [0.15, 0.2) is 55.1 Å². The van der Waals surface area contributed by atoms with E-state index in [-0.39, 0.29) is 12.3 Å². The van der Waals surface area contributed by atoms with Crippen LogP contribution in [0.4, 0.5) is 0 Å². The number of hydrogen-bond donors (Lipinski definition) is 1. The first kappa shape index (κ1) is 17.3. The maximum Gasteiger partial charge on any atom is 0.361 e. The fraction of sp³-hybridized carbons (Fsp3) is 0.111. The minimum absolute atomic E-state index is 0.134. The number of carbonyl (C=O) groups is 1. The molecule has 0 aliphatic rings. The molecule has 0 atom stereocenters. The highest BCUT2D eigenvalue weighted by Crippen LogP contribution is 2.26. The van der Waals surface area contributed by atoms with Crippen molar-refractivity contribution in [2.24, 2.45) is 0 Å². The molecule has 10 nitrogen and oxygen atoms in total. The Morgan fingerprint density at radius 3 is 2.79 bits per heavy atom. The van der Waals surface area contributed by atoms with Crippen LogP contribution >= 0.6 is 0 Å². The minimum Gasteiger partial charge on any atom is -0.461 e. The number of benzene rings is 1. The van der Waals surface area contributed by atoms with E-state index in [1.54, 1.807) is 60.4 Å². The first-order chi connectivity index (χ1) is 13.7. The molecule has 0 amide bonds. The third-order valence-corrected chi connectivity index (χ3v) is 3.73. The summed E-state index contributed by atoms with van der Waals surface area (Å²) in [7, 11) is 0. The standard InChI is InChI=1S/C18H15N7O3/c1-2-27-18(26)17-16(22-24-23-17)12-4-6-13(7-5-12)28-15-10-14(19-11-20-15)25-9-3-8-21-25/h3-11H,2H2,1H3,(H,22,23,24). The van der Waals surface area contributed by atoms with E-state index >= 15 is 0 Å². The van der Waals surface area contributed by atoms with Crippen molar-refractivity contribution < 1.29 is 14.3 Å². The van der Waals surface area contributed by atoms with Crippen molar-refractivity contribution in [1.82, 2.24) is 35.2 Å². The molecule has 0 fully saturated rings. The highest BCUT2D eigenvalue weighted by Gasteiger charge is 2.19. The third kappa shape index (κ3) is 3.56. The largest absolute Gasteiger partial charge is 0.461 e. The van der Waals surface area contributed by atoms with Crippen molar-refractivity contribution >= 4 is 5.97 Å². The highest BCUT2D eigenvalue weighted by molar-refractivity contribution is 5.93.